The van der Waals surface area contributed by atoms with Gasteiger partial charge in [-0.2, -0.15) is 8.42 Å². The number of hydrogen-bond donors (Lipinski definition) is 2. The number of carbonyl (C=O) groups excluding carboxylic acids is 1. The summed E-state index contributed by atoms with van der Waals surface area (Å²) in [6.45, 7) is 4.68. The summed E-state index contributed by atoms with van der Waals surface area (Å²) in [6, 6.07) is -1.24. The van der Waals surface area contributed by atoms with Crippen LogP contribution in [-0.4, -0.2) is 41.7 Å². The van der Waals surface area contributed by atoms with Gasteiger partial charge < -0.3 is 5.11 Å². The standard InChI is InChI=1S/C11H15NO6S2/c1-6-4-19-8(3)10(6)12(7(2)11(14)15)9(13)5-20(16,17)18/h4,7H,5H2,1-3H3,(H,14,15)(H,16,17,18)/t7-/m0/s1. The summed E-state index contributed by atoms with van der Waals surface area (Å²) in [5.74, 6) is -3.40. The van der Waals surface area contributed by atoms with E-state index < -0.39 is 33.8 Å². The van der Waals surface area contributed by atoms with Gasteiger partial charge in [-0.05, 0) is 31.7 Å². The average molecular weight is 321 g/mol. The Labute approximate surface area is 120 Å². The van der Waals surface area contributed by atoms with Crippen LogP contribution in [0.25, 0.3) is 0 Å². The third kappa shape index (κ3) is 3.78. The Morgan fingerprint density at radius 2 is 1.95 bits per heavy atom. The molecule has 7 nitrogen and oxygen atoms in total. The van der Waals surface area contributed by atoms with Gasteiger partial charge in [-0.25, -0.2) is 4.79 Å². The molecule has 0 aliphatic heterocycles. The van der Waals surface area contributed by atoms with Gasteiger partial charge in [0.05, 0.1) is 5.69 Å². The van der Waals surface area contributed by atoms with Crippen LogP contribution in [-0.2, 0) is 19.7 Å². The van der Waals surface area contributed by atoms with Gasteiger partial charge in [0.25, 0.3) is 10.1 Å². The van der Waals surface area contributed by atoms with Gasteiger partial charge in [-0.1, -0.05) is 0 Å². The fourth-order valence-electron chi connectivity index (χ4n) is 1.80. The van der Waals surface area contributed by atoms with E-state index in [1.807, 2.05) is 0 Å². The number of carboxylic acid groups (broad SMARTS) is 1. The third-order valence-electron chi connectivity index (χ3n) is 2.68. The van der Waals surface area contributed by atoms with Gasteiger partial charge in [0.2, 0.25) is 5.91 Å². The molecule has 1 rings (SSSR count). The van der Waals surface area contributed by atoms with Crippen LogP contribution in [0.3, 0.4) is 0 Å². The van der Waals surface area contributed by atoms with Gasteiger partial charge in [0.1, 0.15) is 6.04 Å². The highest BCUT2D eigenvalue weighted by Crippen LogP contribution is 2.32. The zero-order valence-electron chi connectivity index (χ0n) is 11.2. The summed E-state index contributed by atoms with van der Waals surface area (Å²) in [7, 11) is -4.53. The molecule has 0 spiro atoms. The molecule has 0 aliphatic carbocycles. The largest absolute Gasteiger partial charge is 0.480 e. The van der Waals surface area contributed by atoms with E-state index in [0.29, 0.717) is 16.1 Å². The van der Waals surface area contributed by atoms with Crippen molar-refractivity contribution in [2.24, 2.45) is 0 Å². The Bertz CT molecular complexity index is 614. The third-order valence-corrected chi connectivity index (χ3v) is 4.31. The monoisotopic (exact) mass is 321 g/mol. The molecule has 20 heavy (non-hydrogen) atoms. The molecule has 2 N–H and O–H groups in total. The highest BCUT2D eigenvalue weighted by molar-refractivity contribution is 7.86. The molecule has 0 aromatic carbocycles. The van der Waals surface area contributed by atoms with Crippen LogP contribution < -0.4 is 4.90 Å². The van der Waals surface area contributed by atoms with Gasteiger partial charge in [0, 0.05) is 4.88 Å². The van der Waals surface area contributed by atoms with Crippen molar-refractivity contribution in [3.05, 3.63) is 15.8 Å². The quantitative estimate of drug-likeness (QED) is 0.784. The molecule has 0 saturated heterocycles. The lowest BCUT2D eigenvalue weighted by molar-refractivity contribution is -0.139. The summed E-state index contributed by atoms with van der Waals surface area (Å²) < 4.78 is 30.5. The molecule has 0 saturated carbocycles. The minimum atomic E-state index is -4.53. The number of nitrogens with zero attached hydrogens (tertiary/aromatic N) is 1. The van der Waals surface area contributed by atoms with Crippen LogP contribution in [0, 0.1) is 13.8 Å². The van der Waals surface area contributed by atoms with Crippen molar-refractivity contribution >= 4 is 39.0 Å². The fourth-order valence-corrected chi connectivity index (χ4v) is 3.08. The summed E-state index contributed by atoms with van der Waals surface area (Å²) in [6.07, 6.45) is 0. The number of carbonyl (C=O) groups is 2. The minimum absolute atomic E-state index is 0.374. The Kier molecular flexibility index (Phi) is 4.90. The molecule has 0 radical (unpaired) electrons. The molecule has 1 heterocycles. The van der Waals surface area contributed by atoms with Gasteiger partial charge in [-0.3, -0.25) is 14.2 Å². The van der Waals surface area contributed by atoms with Crippen molar-refractivity contribution < 1.29 is 27.7 Å². The summed E-state index contributed by atoms with van der Waals surface area (Å²) in [5, 5.41) is 10.8. The number of rotatable bonds is 5. The molecule has 1 aromatic rings. The number of aryl methyl sites for hydroxylation is 2. The smallest absolute Gasteiger partial charge is 0.326 e. The maximum Gasteiger partial charge on any atom is 0.326 e. The first-order valence-electron chi connectivity index (χ1n) is 5.59. The average Bonchev–Trinajstić information content (AvgIpc) is 2.58. The summed E-state index contributed by atoms with van der Waals surface area (Å²) in [4.78, 5) is 24.8. The first kappa shape index (κ1) is 16.6. The first-order chi connectivity index (χ1) is 9.04. The number of anilines is 1. The number of thiophene rings is 1. The molecule has 0 fully saturated rings. The van der Waals surface area contributed by atoms with Crippen LogP contribution >= 0.6 is 11.3 Å². The highest BCUT2D eigenvalue weighted by atomic mass is 32.2. The molecule has 1 atom stereocenters. The van der Waals surface area contributed by atoms with E-state index in [-0.39, 0.29) is 0 Å². The van der Waals surface area contributed by atoms with E-state index in [2.05, 4.69) is 0 Å². The van der Waals surface area contributed by atoms with Crippen LogP contribution in [0.5, 0.6) is 0 Å². The fraction of sp³-hybridized carbons (Fsp3) is 0.455. The lowest BCUT2D eigenvalue weighted by Gasteiger charge is -2.27. The molecule has 0 aliphatic rings. The molecule has 0 unspecified atom stereocenters. The number of carboxylic acids is 1. The van der Waals surface area contributed by atoms with E-state index in [4.69, 9.17) is 9.66 Å². The Morgan fingerprint density at radius 1 is 1.40 bits per heavy atom. The van der Waals surface area contributed by atoms with Crippen molar-refractivity contribution in [1.82, 2.24) is 0 Å². The zero-order valence-corrected chi connectivity index (χ0v) is 12.8. The van der Waals surface area contributed by atoms with Crippen LogP contribution in [0.1, 0.15) is 17.4 Å². The Morgan fingerprint density at radius 3 is 2.30 bits per heavy atom. The second-order valence-corrected chi connectivity index (χ2v) is 6.86. The second kappa shape index (κ2) is 5.90. The zero-order chi connectivity index (χ0) is 15.7. The van der Waals surface area contributed by atoms with Gasteiger partial charge >= 0.3 is 5.97 Å². The normalized spacial score (nSPS) is 13.0. The lowest BCUT2D eigenvalue weighted by Crippen LogP contribution is -2.46. The van der Waals surface area contributed by atoms with Crippen molar-refractivity contribution in [2.45, 2.75) is 26.8 Å². The van der Waals surface area contributed by atoms with Crippen LogP contribution in [0.15, 0.2) is 5.38 Å². The number of aliphatic carboxylic acids is 1. The lowest BCUT2D eigenvalue weighted by atomic mass is 10.2. The van der Waals surface area contributed by atoms with E-state index in [9.17, 15) is 18.0 Å². The number of amides is 1. The van der Waals surface area contributed by atoms with Crippen molar-refractivity contribution in [1.29, 1.82) is 0 Å². The van der Waals surface area contributed by atoms with E-state index in [1.165, 1.54) is 18.3 Å². The Balaban J connectivity index is 3.30. The van der Waals surface area contributed by atoms with E-state index >= 15 is 0 Å². The topological polar surface area (TPSA) is 112 Å². The van der Waals surface area contributed by atoms with Gasteiger partial charge in [-0.15, -0.1) is 11.3 Å². The van der Waals surface area contributed by atoms with Crippen LogP contribution in [0.4, 0.5) is 5.69 Å². The molecule has 1 amide bonds. The van der Waals surface area contributed by atoms with Crippen molar-refractivity contribution in [3.63, 3.8) is 0 Å². The summed E-state index contributed by atoms with van der Waals surface area (Å²) in [5.41, 5.74) is 1.04. The first-order valence-corrected chi connectivity index (χ1v) is 8.08. The second-order valence-electron chi connectivity index (χ2n) is 4.33. The molecule has 0 bridgehead atoms. The maximum absolute atomic E-state index is 12.0. The molecular weight excluding hydrogens is 306 g/mol. The minimum Gasteiger partial charge on any atom is -0.480 e. The highest BCUT2D eigenvalue weighted by Gasteiger charge is 2.32. The van der Waals surface area contributed by atoms with Crippen molar-refractivity contribution in [2.75, 3.05) is 10.7 Å². The van der Waals surface area contributed by atoms with Crippen LogP contribution in [0.2, 0.25) is 0 Å². The molecule has 1 aromatic heterocycles. The molecule has 112 valence electrons. The predicted molar refractivity (Wildman–Crippen MR) is 74.8 cm³/mol. The SMILES string of the molecule is Cc1csc(C)c1N(C(=O)CS(=O)(=O)O)[C@@H](C)C(=O)O. The van der Waals surface area contributed by atoms with E-state index in [0.717, 1.165) is 4.90 Å². The molecule has 9 heteroatoms. The predicted octanol–water partition coefficient (Wildman–Crippen LogP) is 1.06. The summed E-state index contributed by atoms with van der Waals surface area (Å²) >= 11 is 1.33. The maximum atomic E-state index is 12.0. The number of hydrogen-bond acceptors (Lipinski definition) is 5. The van der Waals surface area contributed by atoms with E-state index in [1.54, 1.807) is 19.2 Å². The Hall–Kier alpha value is -1.45. The molecular formula is C11H15NO6S2. The van der Waals surface area contributed by atoms with Crippen molar-refractivity contribution in [3.8, 4) is 0 Å². The van der Waals surface area contributed by atoms with Gasteiger partial charge in [0.15, 0.2) is 5.75 Å².